The van der Waals surface area contributed by atoms with E-state index in [-0.39, 0.29) is 19.1 Å². The smallest absolute Gasteiger partial charge is 0.268 e. The zero-order valence-corrected chi connectivity index (χ0v) is 57.1. The van der Waals surface area contributed by atoms with E-state index in [0.29, 0.717) is 17.4 Å². The first-order valence-electron chi connectivity index (χ1n) is 36.5. The number of rotatable bonds is 68. The molecule has 490 valence electrons. The van der Waals surface area contributed by atoms with Gasteiger partial charge in [0.2, 0.25) is 5.91 Å². The number of nitrogens with one attached hydrogen (secondary N) is 1. The van der Waals surface area contributed by atoms with Crippen LogP contribution in [0.2, 0.25) is 0 Å². The maximum absolute atomic E-state index is 13.0. The molecule has 0 radical (unpaired) electrons. The van der Waals surface area contributed by atoms with Gasteiger partial charge < -0.3 is 28.8 Å². The van der Waals surface area contributed by atoms with Gasteiger partial charge in [0.1, 0.15) is 13.2 Å². The number of quaternary nitrogens is 1. The molecule has 1 amide bonds. The Hall–Kier alpha value is -1.54. The minimum Gasteiger partial charge on any atom is -0.756 e. The van der Waals surface area contributed by atoms with Crippen molar-refractivity contribution in [3.05, 3.63) is 48.6 Å². The molecule has 0 aromatic rings. The number of hydrogen-bond donors (Lipinski definition) is 2. The maximum Gasteiger partial charge on any atom is 0.268 e. The van der Waals surface area contributed by atoms with Gasteiger partial charge in [-0.25, -0.2) is 0 Å². The summed E-state index contributed by atoms with van der Waals surface area (Å²) < 4.78 is 23.5. The molecule has 9 heteroatoms. The molecule has 0 fully saturated rings. The molecule has 0 spiro atoms. The van der Waals surface area contributed by atoms with E-state index in [1.165, 1.54) is 302 Å². The second-order valence-corrected chi connectivity index (χ2v) is 27.7. The van der Waals surface area contributed by atoms with Crippen LogP contribution in [0.3, 0.4) is 0 Å². The minimum atomic E-state index is -4.61. The van der Waals surface area contributed by atoms with Gasteiger partial charge in [0, 0.05) is 6.42 Å². The predicted molar refractivity (Wildman–Crippen MR) is 362 cm³/mol. The third-order valence-corrected chi connectivity index (χ3v) is 17.7. The highest BCUT2D eigenvalue weighted by atomic mass is 31.2. The standard InChI is InChI=1S/C74H143N2O6P/c1-6-8-10-12-14-16-18-20-22-24-26-28-30-32-34-36-38-40-42-44-46-48-50-52-54-56-58-60-62-64-66-68-74(78)75-72(71-82-83(79,80)81-70-69-76(3,4)5)73(77)67-65-63-61-59-57-55-53-51-49-47-45-43-41-39-37-35-33-31-29-27-25-23-21-19-17-15-13-11-9-7-2/h18,20,24,26,57,59,65,67,72-73,77H,6-17,19,21-23,25,27-56,58,60-64,66,68-71H2,1-5H3,(H-,75,78,79,80)/b20-18-,26-24-,59-57+,67-65+. The molecule has 0 saturated carbocycles. The van der Waals surface area contributed by atoms with Gasteiger partial charge in [-0.3, -0.25) is 9.36 Å². The minimum absolute atomic E-state index is 0.00529. The number of nitrogens with zero attached hydrogens (tertiary/aromatic N) is 1. The molecule has 0 aromatic carbocycles. The Morgan fingerprint density at radius 1 is 0.422 bits per heavy atom. The average molecular weight is 1190 g/mol. The summed E-state index contributed by atoms with van der Waals surface area (Å²) in [6, 6.07) is -0.905. The molecule has 3 atom stereocenters. The molecule has 0 aliphatic rings. The number of unbranched alkanes of at least 4 members (excludes halogenated alkanes) is 49. The van der Waals surface area contributed by atoms with Crippen molar-refractivity contribution < 1.29 is 32.9 Å². The van der Waals surface area contributed by atoms with Crippen molar-refractivity contribution in [1.29, 1.82) is 0 Å². The Labute approximate surface area is 518 Å². The van der Waals surface area contributed by atoms with Crippen LogP contribution in [0.5, 0.6) is 0 Å². The summed E-state index contributed by atoms with van der Waals surface area (Å²) in [6.45, 7) is 4.67. The molecule has 0 aliphatic heterocycles. The van der Waals surface area contributed by atoms with Crippen LogP contribution in [0.25, 0.3) is 0 Å². The number of likely N-dealkylation sites (N-methyl/N-ethyl adjacent to an activating group) is 1. The second-order valence-electron chi connectivity index (χ2n) is 26.3. The van der Waals surface area contributed by atoms with Crippen LogP contribution in [0, 0.1) is 0 Å². The number of aliphatic hydroxyl groups excluding tert-OH is 1. The summed E-state index contributed by atoms with van der Waals surface area (Å²) in [5, 5.41) is 14.0. The van der Waals surface area contributed by atoms with Crippen molar-refractivity contribution in [2.45, 2.75) is 379 Å². The molecule has 2 N–H and O–H groups in total. The molecule has 0 bridgehead atoms. The lowest BCUT2D eigenvalue weighted by Crippen LogP contribution is -2.45. The summed E-state index contributed by atoms with van der Waals surface area (Å²) in [5.74, 6) is -0.201. The highest BCUT2D eigenvalue weighted by Crippen LogP contribution is 2.38. The fraction of sp³-hybridized carbons (Fsp3) is 0.878. The highest BCUT2D eigenvalue weighted by molar-refractivity contribution is 7.45. The first-order valence-corrected chi connectivity index (χ1v) is 38.0. The number of phosphoric ester groups is 1. The van der Waals surface area contributed by atoms with Crippen LogP contribution in [-0.2, 0) is 18.4 Å². The number of carbonyl (C=O) groups excluding carboxylic acids is 1. The van der Waals surface area contributed by atoms with Crippen LogP contribution in [0.1, 0.15) is 367 Å². The number of amides is 1. The average Bonchev–Trinajstić information content (AvgIpc) is 3.49. The van der Waals surface area contributed by atoms with Gasteiger partial charge in [-0.2, -0.15) is 0 Å². The quantitative estimate of drug-likeness (QED) is 0.0272. The summed E-state index contributed by atoms with van der Waals surface area (Å²) in [7, 11) is 1.26. The van der Waals surface area contributed by atoms with Crippen molar-refractivity contribution in [3.63, 3.8) is 0 Å². The van der Waals surface area contributed by atoms with E-state index in [4.69, 9.17) is 9.05 Å². The van der Waals surface area contributed by atoms with Gasteiger partial charge in [-0.15, -0.1) is 0 Å². The Bertz CT molecular complexity index is 1490. The summed E-state index contributed by atoms with van der Waals surface area (Å²) in [6.07, 6.45) is 88.2. The Morgan fingerprint density at radius 2 is 0.711 bits per heavy atom. The van der Waals surface area contributed by atoms with Gasteiger partial charge in [0.15, 0.2) is 0 Å². The molecule has 0 rings (SSSR count). The van der Waals surface area contributed by atoms with E-state index in [0.717, 1.165) is 44.9 Å². The summed E-state index contributed by atoms with van der Waals surface area (Å²) >= 11 is 0. The molecule has 0 aliphatic carbocycles. The van der Waals surface area contributed by atoms with Gasteiger partial charge in [-0.1, -0.05) is 345 Å². The van der Waals surface area contributed by atoms with Gasteiger partial charge in [0.25, 0.3) is 7.82 Å². The maximum atomic E-state index is 13.0. The first-order chi connectivity index (χ1) is 40.5. The number of hydrogen-bond acceptors (Lipinski definition) is 6. The van der Waals surface area contributed by atoms with Crippen LogP contribution in [0.4, 0.5) is 0 Å². The summed E-state index contributed by atoms with van der Waals surface area (Å²) in [5.41, 5.74) is 0. The molecular weight excluding hydrogens is 1040 g/mol. The third-order valence-electron chi connectivity index (χ3n) is 16.8. The van der Waals surface area contributed by atoms with Crippen molar-refractivity contribution in [1.82, 2.24) is 5.32 Å². The van der Waals surface area contributed by atoms with Crippen LogP contribution >= 0.6 is 7.82 Å². The lowest BCUT2D eigenvalue weighted by molar-refractivity contribution is -0.870. The second kappa shape index (κ2) is 64.9. The first kappa shape index (κ1) is 81.5. The van der Waals surface area contributed by atoms with Gasteiger partial charge >= 0.3 is 0 Å². The normalized spacial score (nSPS) is 13.9. The van der Waals surface area contributed by atoms with E-state index in [1.807, 2.05) is 27.2 Å². The third kappa shape index (κ3) is 67.8. The number of aliphatic hydroxyl groups is 1. The van der Waals surface area contributed by atoms with E-state index < -0.39 is 20.0 Å². The van der Waals surface area contributed by atoms with E-state index in [9.17, 15) is 19.4 Å². The van der Waals surface area contributed by atoms with Crippen molar-refractivity contribution in [3.8, 4) is 0 Å². The zero-order chi connectivity index (χ0) is 60.5. The molecule has 3 unspecified atom stereocenters. The van der Waals surface area contributed by atoms with Crippen LogP contribution in [-0.4, -0.2) is 68.5 Å². The van der Waals surface area contributed by atoms with Crippen LogP contribution < -0.4 is 10.2 Å². The van der Waals surface area contributed by atoms with Crippen molar-refractivity contribution in [2.75, 3.05) is 40.9 Å². The van der Waals surface area contributed by atoms with Crippen LogP contribution in [0.15, 0.2) is 48.6 Å². The molecule has 8 nitrogen and oxygen atoms in total. The lowest BCUT2D eigenvalue weighted by Gasteiger charge is -2.29. The molecule has 83 heavy (non-hydrogen) atoms. The number of allylic oxidation sites excluding steroid dienone is 7. The van der Waals surface area contributed by atoms with Gasteiger partial charge in [0.05, 0.1) is 39.9 Å². The molecule has 0 aromatic heterocycles. The molecular formula is C74H143N2O6P. The lowest BCUT2D eigenvalue weighted by atomic mass is 10.0. The summed E-state index contributed by atoms with van der Waals surface area (Å²) in [4.78, 5) is 25.6. The van der Waals surface area contributed by atoms with E-state index in [2.05, 4.69) is 55.6 Å². The Morgan fingerprint density at radius 3 is 1.05 bits per heavy atom. The predicted octanol–water partition coefficient (Wildman–Crippen LogP) is 22.8. The fourth-order valence-electron chi connectivity index (χ4n) is 11.1. The van der Waals surface area contributed by atoms with Crippen molar-refractivity contribution in [2.24, 2.45) is 0 Å². The number of phosphoric acid groups is 1. The molecule has 0 saturated heterocycles. The Balaban J connectivity index is 4.06. The zero-order valence-electron chi connectivity index (χ0n) is 56.2. The number of carbonyl (C=O) groups is 1. The van der Waals surface area contributed by atoms with E-state index >= 15 is 0 Å². The molecule has 0 heterocycles. The Kier molecular flexibility index (Phi) is 63.7. The van der Waals surface area contributed by atoms with Crippen molar-refractivity contribution >= 4 is 13.7 Å². The SMILES string of the molecule is CCCCCCC/C=C\C/C=C\CCCCCCCCCCCCCCCCCCCCCC(=O)NC(COP(=O)([O-])OCC[N+](C)(C)C)C(O)/C=C/CC/C=C/CCCCCCCCCCCCCCCCCCCCCCCCCC. The topological polar surface area (TPSA) is 108 Å². The highest BCUT2D eigenvalue weighted by Gasteiger charge is 2.23. The largest absolute Gasteiger partial charge is 0.756 e. The van der Waals surface area contributed by atoms with E-state index in [1.54, 1.807) is 6.08 Å². The monoisotopic (exact) mass is 1190 g/mol. The fourth-order valence-corrected chi connectivity index (χ4v) is 11.8. The van der Waals surface area contributed by atoms with Gasteiger partial charge in [-0.05, 0) is 64.2 Å².